The first-order valence-corrected chi connectivity index (χ1v) is 7.32. The van der Waals surface area contributed by atoms with Crippen LogP contribution in [0.4, 0.5) is 10.3 Å². The molecule has 0 aliphatic carbocycles. The van der Waals surface area contributed by atoms with Gasteiger partial charge in [0, 0.05) is 29.9 Å². The number of nitrogens with one attached hydrogen (secondary N) is 1. The van der Waals surface area contributed by atoms with E-state index in [9.17, 15) is 9.18 Å². The molecule has 0 radical (unpaired) electrons. The van der Waals surface area contributed by atoms with Gasteiger partial charge in [-0.2, -0.15) is 0 Å². The van der Waals surface area contributed by atoms with Gasteiger partial charge in [0.05, 0.1) is 10.9 Å². The Morgan fingerprint density at radius 2 is 2.04 bits per heavy atom. The molecule has 0 saturated carbocycles. The lowest BCUT2D eigenvalue weighted by molar-refractivity contribution is 0.112. The summed E-state index contributed by atoms with van der Waals surface area (Å²) in [6.45, 7) is 1.91. The van der Waals surface area contributed by atoms with Crippen molar-refractivity contribution in [3.05, 3.63) is 64.6 Å². The molecule has 0 fully saturated rings. The molecule has 0 amide bonds. The van der Waals surface area contributed by atoms with E-state index in [4.69, 9.17) is 0 Å². The van der Waals surface area contributed by atoms with E-state index in [-0.39, 0.29) is 0 Å². The second kappa shape index (κ2) is 6.47. The standard InChI is InChI=1S/C19H14FN3O/c1-12-3-4-14(11-24)7-15(12)6-5-13-8-17(20)16-10-22-19(21-2)23-18(16)9-13/h3-4,7-11H,1-2H3,(H,21,22,23). The topological polar surface area (TPSA) is 54.9 Å². The zero-order valence-corrected chi connectivity index (χ0v) is 13.2. The van der Waals surface area contributed by atoms with Crippen LogP contribution in [0.3, 0.4) is 0 Å². The van der Waals surface area contributed by atoms with Gasteiger partial charge in [-0.1, -0.05) is 24.0 Å². The van der Waals surface area contributed by atoms with Crippen LogP contribution >= 0.6 is 0 Å². The maximum Gasteiger partial charge on any atom is 0.222 e. The van der Waals surface area contributed by atoms with Crippen LogP contribution in [0.15, 0.2) is 36.5 Å². The molecule has 1 heterocycles. The van der Waals surface area contributed by atoms with Gasteiger partial charge in [0.1, 0.15) is 12.1 Å². The molecule has 0 spiro atoms. The summed E-state index contributed by atoms with van der Waals surface area (Å²) in [7, 11) is 1.70. The third-order valence-corrected chi connectivity index (χ3v) is 3.61. The number of aldehydes is 1. The van der Waals surface area contributed by atoms with Gasteiger partial charge in [0.2, 0.25) is 5.95 Å². The summed E-state index contributed by atoms with van der Waals surface area (Å²) >= 11 is 0. The largest absolute Gasteiger partial charge is 0.357 e. The number of aromatic nitrogens is 2. The van der Waals surface area contributed by atoms with Gasteiger partial charge in [0.15, 0.2) is 0 Å². The number of carbonyl (C=O) groups excluding carboxylic acids is 1. The number of nitrogens with zero attached hydrogens (tertiary/aromatic N) is 2. The minimum atomic E-state index is -0.419. The predicted octanol–water partition coefficient (Wildman–Crippen LogP) is 3.33. The summed E-state index contributed by atoms with van der Waals surface area (Å²) in [4.78, 5) is 19.1. The number of carbonyl (C=O) groups is 1. The number of fused-ring (bicyclic) bond motifs is 1. The Balaban J connectivity index is 2.07. The molecular formula is C19H14FN3O. The molecule has 0 saturated heterocycles. The average Bonchev–Trinajstić information content (AvgIpc) is 2.60. The van der Waals surface area contributed by atoms with Crippen molar-refractivity contribution < 1.29 is 9.18 Å². The fraction of sp³-hybridized carbons (Fsp3) is 0.105. The molecule has 0 aliphatic rings. The van der Waals surface area contributed by atoms with Crippen LogP contribution < -0.4 is 5.32 Å². The molecule has 0 aliphatic heterocycles. The Kier molecular flexibility index (Phi) is 4.21. The highest BCUT2D eigenvalue weighted by atomic mass is 19.1. The molecule has 3 aromatic rings. The van der Waals surface area contributed by atoms with E-state index in [1.807, 2.05) is 13.0 Å². The van der Waals surface area contributed by atoms with Gasteiger partial charge in [-0.3, -0.25) is 4.79 Å². The lowest BCUT2D eigenvalue weighted by atomic mass is 10.1. The molecule has 0 atom stereocenters. The van der Waals surface area contributed by atoms with E-state index in [1.54, 1.807) is 25.2 Å². The fourth-order valence-electron chi connectivity index (χ4n) is 2.27. The van der Waals surface area contributed by atoms with Crippen LogP contribution in [0.1, 0.15) is 27.0 Å². The van der Waals surface area contributed by atoms with Crippen molar-refractivity contribution in [2.24, 2.45) is 0 Å². The normalized spacial score (nSPS) is 10.1. The molecule has 0 bridgehead atoms. The van der Waals surface area contributed by atoms with Crippen LogP contribution in [0.25, 0.3) is 10.9 Å². The van der Waals surface area contributed by atoms with Crippen LogP contribution in [0, 0.1) is 24.6 Å². The van der Waals surface area contributed by atoms with Gasteiger partial charge in [-0.05, 0) is 30.7 Å². The zero-order valence-electron chi connectivity index (χ0n) is 13.2. The minimum absolute atomic E-state index is 0.346. The monoisotopic (exact) mass is 319 g/mol. The van der Waals surface area contributed by atoms with Gasteiger partial charge < -0.3 is 5.32 Å². The third kappa shape index (κ3) is 3.08. The Labute approximate surface area is 138 Å². The summed E-state index contributed by atoms with van der Waals surface area (Å²) in [5, 5.41) is 3.17. The quantitative estimate of drug-likeness (QED) is 0.581. The summed E-state index contributed by atoms with van der Waals surface area (Å²) in [5.41, 5.74) is 3.24. The number of aryl methyl sites for hydroxylation is 1. The van der Waals surface area contributed by atoms with Crippen molar-refractivity contribution in [1.29, 1.82) is 0 Å². The van der Waals surface area contributed by atoms with E-state index in [0.29, 0.717) is 28.0 Å². The fourth-order valence-corrected chi connectivity index (χ4v) is 2.27. The number of halogens is 1. The number of hydrogen-bond donors (Lipinski definition) is 1. The molecule has 3 rings (SSSR count). The summed E-state index contributed by atoms with van der Waals surface area (Å²) in [6.07, 6.45) is 2.22. The summed E-state index contributed by atoms with van der Waals surface area (Å²) in [6, 6.07) is 8.36. The molecule has 1 N–H and O–H groups in total. The van der Waals surface area contributed by atoms with E-state index < -0.39 is 5.82 Å². The molecule has 5 heteroatoms. The Morgan fingerprint density at radius 1 is 1.21 bits per heavy atom. The molecule has 1 aromatic heterocycles. The third-order valence-electron chi connectivity index (χ3n) is 3.61. The average molecular weight is 319 g/mol. The van der Waals surface area contributed by atoms with E-state index in [0.717, 1.165) is 17.4 Å². The van der Waals surface area contributed by atoms with Crippen molar-refractivity contribution in [3.8, 4) is 11.8 Å². The molecule has 0 unspecified atom stereocenters. The van der Waals surface area contributed by atoms with Crippen molar-refractivity contribution in [3.63, 3.8) is 0 Å². The van der Waals surface area contributed by atoms with Crippen molar-refractivity contribution >= 4 is 23.1 Å². The summed E-state index contributed by atoms with van der Waals surface area (Å²) < 4.78 is 14.2. The number of anilines is 1. The maximum absolute atomic E-state index is 14.2. The Morgan fingerprint density at radius 3 is 2.79 bits per heavy atom. The Bertz CT molecular complexity index is 1000. The molecule has 4 nitrogen and oxygen atoms in total. The number of hydrogen-bond acceptors (Lipinski definition) is 4. The van der Waals surface area contributed by atoms with Crippen molar-refractivity contribution in [2.45, 2.75) is 6.92 Å². The highest BCUT2D eigenvalue weighted by molar-refractivity contribution is 5.81. The first-order chi connectivity index (χ1) is 11.6. The maximum atomic E-state index is 14.2. The van der Waals surface area contributed by atoms with Gasteiger partial charge in [0.25, 0.3) is 0 Å². The van der Waals surface area contributed by atoms with Crippen LogP contribution in [-0.4, -0.2) is 23.3 Å². The lowest BCUT2D eigenvalue weighted by Gasteiger charge is -2.03. The van der Waals surface area contributed by atoms with Gasteiger partial charge >= 0.3 is 0 Å². The number of rotatable bonds is 2. The second-order valence-electron chi connectivity index (χ2n) is 5.28. The molecule has 118 valence electrons. The summed E-state index contributed by atoms with van der Waals surface area (Å²) in [5.74, 6) is 5.93. The van der Waals surface area contributed by atoms with E-state index in [2.05, 4.69) is 27.1 Å². The van der Waals surface area contributed by atoms with E-state index in [1.165, 1.54) is 12.3 Å². The van der Waals surface area contributed by atoms with E-state index >= 15 is 0 Å². The molecular weight excluding hydrogens is 305 g/mol. The lowest BCUT2D eigenvalue weighted by Crippen LogP contribution is -1.97. The highest BCUT2D eigenvalue weighted by Gasteiger charge is 2.06. The van der Waals surface area contributed by atoms with Gasteiger partial charge in [-0.25, -0.2) is 14.4 Å². The van der Waals surface area contributed by atoms with Crippen LogP contribution in [0.2, 0.25) is 0 Å². The predicted molar refractivity (Wildman–Crippen MR) is 91.6 cm³/mol. The first-order valence-electron chi connectivity index (χ1n) is 7.32. The van der Waals surface area contributed by atoms with Crippen LogP contribution in [-0.2, 0) is 0 Å². The van der Waals surface area contributed by atoms with Gasteiger partial charge in [-0.15, -0.1) is 0 Å². The zero-order chi connectivity index (χ0) is 17.1. The molecule has 24 heavy (non-hydrogen) atoms. The van der Waals surface area contributed by atoms with Crippen molar-refractivity contribution in [2.75, 3.05) is 12.4 Å². The minimum Gasteiger partial charge on any atom is -0.357 e. The smallest absolute Gasteiger partial charge is 0.222 e. The SMILES string of the molecule is CNc1ncc2c(F)cc(C#Cc3cc(C=O)ccc3C)cc2n1. The highest BCUT2D eigenvalue weighted by Crippen LogP contribution is 2.19. The Hall–Kier alpha value is -3.26. The van der Waals surface area contributed by atoms with Crippen LogP contribution in [0.5, 0.6) is 0 Å². The molecule has 2 aromatic carbocycles. The second-order valence-corrected chi connectivity index (χ2v) is 5.28. The van der Waals surface area contributed by atoms with Crippen molar-refractivity contribution in [1.82, 2.24) is 9.97 Å². The first kappa shape index (κ1) is 15.6. The number of benzene rings is 2.